The molecule has 0 aliphatic heterocycles. The zero-order chi connectivity index (χ0) is 16.5. The van der Waals surface area contributed by atoms with Gasteiger partial charge in [0.05, 0.1) is 0 Å². The van der Waals surface area contributed by atoms with E-state index >= 15 is 0 Å². The Morgan fingerprint density at radius 3 is 1.50 bits per heavy atom. The maximum absolute atomic E-state index is 14.2. The minimum Gasteiger partial charge on any atom is -0.314 e. The second kappa shape index (κ2) is 6.07. The zero-order valence-electron chi connectivity index (χ0n) is 13.6. The molecule has 3 aromatic carbocycles. The first kappa shape index (κ1) is 15.4. The Kier molecular flexibility index (Phi) is 3.90. The molecule has 1 fully saturated rings. The van der Waals surface area contributed by atoms with Crippen molar-refractivity contribution in [3.05, 3.63) is 96.6 Å². The molecule has 0 amide bonds. The SMILES string of the molecule is O=P(CC1(c2ccccc2)CC1)(c1ccccc1)c1ccccc1. The van der Waals surface area contributed by atoms with Crippen molar-refractivity contribution >= 4 is 17.8 Å². The van der Waals surface area contributed by atoms with E-state index in [-0.39, 0.29) is 5.41 Å². The number of hydrogen-bond acceptors (Lipinski definition) is 1. The highest BCUT2D eigenvalue weighted by molar-refractivity contribution is 7.78. The average Bonchev–Trinajstić information content (AvgIpc) is 3.44. The first-order valence-corrected chi connectivity index (χ1v) is 10.4. The summed E-state index contributed by atoms with van der Waals surface area (Å²) >= 11 is 0. The molecule has 0 N–H and O–H groups in total. The van der Waals surface area contributed by atoms with E-state index in [1.165, 1.54) is 5.56 Å². The van der Waals surface area contributed by atoms with E-state index in [1.54, 1.807) is 0 Å². The van der Waals surface area contributed by atoms with Crippen LogP contribution in [0.5, 0.6) is 0 Å². The van der Waals surface area contributed by atoms with Crippen LogP contribution in [0, 0.1) is 0 Å². The van der Waals surface area contributed by atoms with E-state index in [1.807, 2.05) is 66.7 Å². The smallest absolute Gasteiger partial charge is 0.144 e. The van der Waals surface area contributed by atoms with Crippen molar-refractivity contribution in [1.82, 2.24) is 0 Å². The first-order chi connectivity index (χ1) is 11.7. The van der Waals surface area contributed by atoms with Crippen molar-refractivity contribution in [3.8, 4) is 0 Å². The van der Waals surface area contributed by atoms with E-state index in [4.69, 9.17) is 0 Å². The van der Waals surface area contributed by atoms with Crippen LogP contribution in [-0.2, 0) is 9.98 Å². The van der Waals surface area contributed by atoms with Crippen molar-refractivity contribution < 1.29 is 4.57 Å². The maximum atomic E-state index is 14.2. The van der Waals surface area contributed by atoms with Crippen molar-refractivity contribution in [3.63, 3.8) is 0 Å². The van der Waals surface area contributed by atoms with Gasteiger partial charge in [0.1, 0.15) is 7.14 Å². The van der Waals surface area contributed by atoms with Crippen LogP contribution in [0.2, 0.25) is 0 Å². The van der Waals surface area contributed by atoms with Gasteiger partial charge in [-0.1, -0.05) is 91.0 Å². The van der Waals surface area contributed by atoms with Crippen LogP contribution in [0.4, 0.5) is 0 Å². The lowest BCUT2D eigenvalue weighted by Gasteiger charge is -2.25. The monoisotopic (exact) mass is 332 g/mol. The minimum absolute atomic E-state index is 0.0719. The standard InChI is InChI=1S/C22H21OP/c23-24(20-12-6-2-7-13-20,21-14-8-3-9-15-21)18-22(16-17-22)19-10-4-1-5-11-19/h1-15H,16-18H2. The predicted octanol–water partition coefficient (Wildman–Crippen LogP) is 4.73. The molecule has 24 heavy (non-hydrogen) atoms. The summed E-state index contributed by atoms with van der Waals surface area (Å²) in [7, 11) is -2.65. The highest BCUT2D eigenvalue weighted by atomic mass is 31.2. The fourth-order valence-electron chi connectivity index (χ4n) is 3.58. The van der Waals surface area contributed by atoms with Crippen LogP contribution in [0.1, 0.15) is 18.4 Å². The lowest BCUT2D eigenvalue weighted by Crippen LogP contribution is -2.25. The fraction of sp³-hybridized carbons (Fsp3) is 0.182. The second-order valence-electron chi connectivity index (χ2n) is 6.72. The van der Waals surface area contributed by atoms with E-state index < -0.39 is 7.14 Å². The molecule has 0 aromatic heterocycles. The van der Waals surface area contributed by atoms with E-state index in [9.17, 15) is 4.57 Å². The van der Waals surface area contributed by atoms with Crippen LogP contribution in [0.15, 0.2) is 91.0 Å². The van der Waals surface area contributed by atoms with Gasteiger partial charge < -0.3 is 4.57 Å². The van der Waals surface area contributed by atoms with Crippen LogP contribution in [0.3, 0.4) is 0 Å². The van der Waals surface area contributed by atoms with Crippen molar-refractivity contribution in [2.75, 3.05) is 6.16 Å². The normalized spacial score (nSPS) is 15.8. The molecule has 1 nitrogen and oxygen atoms in total. The molecule has 0 saturated heterocycles. The third-order valence-electron chi connectivity index (χ3n) is 5.11. The second-order valence-corrected chi connectivity index (χ2v) is 9.54. The van der Waals surface area contributed by atoms with Crippen LogP contribution < -0.4 is 10.6 Å². The molecule has 4 rings (SSSR count). The maximum Gasteiger partial charge on any atom is 0.144 e. The zero-order valence-corrected chi connectivity index (χ0v) is 14.5. The Balaban J connectivity index is 1.79. The lowest BCUT2D eigenvalue weighted by molar-refractivity contribution is 0.581. The van der Waals surface area contributed by atoms with Crippen molar-refractivity contribution in [2.45, 2.75) is 18.3 Å². The van der Waals surface area contributed by atoms with Gasteiger partial charge >= 0.3 is 0 Å². The fourth-order valence-corrected chi connectivity index (χ4v) is 6.90. The van der Waals surface area contributed by atoms with E-state index in [2.05, 4.69) is 24.3 Å². The molecule has 1 saturated carbocycles. The number of hydrogen-bond donors (Lipinski definition) is 0. The van der Waals surface area contributed by atoms with Gasteiger partial charge in [0, 0.05) is 22.2 Å². The van der Waals surface area contributed by atoms with Gasteiger partial charge in [-0.3, -0.25) is 0 Å². The highest BCUT2D eigenvalue weighted by Gasteiger charge is 2.49. The van der Waals surface area contributed by atoms with Gasteiger partial charge in [-0.15, -0.1) is 0 Å². The highest BCUT2D eigenvalue weighted by Crippen LogP contribution is 2.59. The summed E-state index contributed by atoms with van der Waals surface area (Å²) in [4.78, 5) is 0. The molecule has 120 valence electrons. The van der Waals surface area contributed by atoms with Crippen LogP contribution >= 0.6 is 7.14 Å². The number of rotatable bonds is 5. The van der Waals surface area contributed by atoms with Gasteiger partial charge in [-0.05, 0) is 18.4 Å². The summed E-state index contributed by atoms with van der Waals surface area (Å²) in [6, 6.07) is 30.6. The lowest BCUT2D eigenvalue weighted by atomic mass is 9.98. The molecule has 1 aliphatic rings. The van der Waals surface area contributed by atoms with Crippen molar-refractivity contribution in [1.29, 1.82) is 0 Å². The Labute approximate surface area is 143 Å². The molecular weight excluding hydrogens is 311 g/mol. The molecule has 0 atom stereocenters. The summed E-state index contributed by atoms with van der Waals surface area (Å²) < 4.78 is 14.2. The van der Waals surface area contributed by atoms with Crippen LogP contribution in [-0.4, -0.2) is 6.16 Å². The Morgan fingerprint density at radius 1 is 0.667 bits per heavy atom. The third-order valence-corrected chi connectivity index (χ3v) is 8.43. The number of benzene rings is 3. The Hall–Kier alpha value is -2.11. The molecule has 2 heteroatoms. The van der Waals surface area contributed by atoms with E-state index in [0.717, 1.165) is 29.6 Å². The molecule has 1 aliphatic carbocycles. The molecule has 0 unspecified atom stereocenters. The molecule has 0 spiro atoms. The summed E-state index contributed by atoms with van der Waals surface area (Å²) in [5.41, 5.74) is 1.40. The van der Waals surface area contributed by atoms with Gasteiger partial charge in [-0.25, -0.2) is 0 Å². The van der Waals surface area contributed by atoms with Crippen molar-refractivity contribution in [2.24, 2.45) is 0 Å². The quantitative estimate of drug-likeness (QED) is 0.617. The topological polar surface area (TPSA) is 17.1 Å². The molecule has 0 bridgehead atoms. The summed E-state index contributed by atoms with van der Waals surface area (Å²) in [5, 5.41) is 1.94. The Morgan fingerprint density at radius 2 is 1.08 bits per heavy atom. The summed E-state index contributed by atoms with van der Waals surface area (Å²) in [6.45, 7) is 0. The molecule has 0 heterocycles. The van der Waals surface area contributed by atoms with Gasteiger partial charge in [0.25, 0.3) is 0 Å². The van der Waals surface area contributed by atoms with Gasteiger partial charge in [-0.2, -0.15) is 0 Å². The molecule has 0 radical (unpaired) electrons. The van der Waals surface area contributed by atoms with Crippen LogP contribution in [0.25, 0.3) is 0 Å². The molecule has 3 aromatic rings. The molecular formula is C22H21OP. The largest absolute Gasteiger partial charge is 0.314 e. The summed E-state index contributed by atoms with van der Waals surface area (Å²) in [5.74, 6) is 0. The Bertz CT molecular complexity index is 809. The van der Waals surface area contributed by atoms with Gasteiger partial charge in [0.15, 0.2) is 0 Å². The van der Waals surface area contributed by atoms with Gasteiger partial charge in [0.2, 0.25) is 0 Å². The average molecular weight is 332 g/mol. The predicted molar refractivity (Wildman–Crippen MR) is 102 cm³/mol. The van der Waals surface area contributed by atoms with E-state index in [0.29, 0.717) is 0 Å². The first-order valence-electron chi connectivity index (χ1n) is 8.49. The minimum atomic E-state index is -2.65. The third kappa shape index (κ3) is 2.74. The summed E-state index contributed by atoms with van der Waals surface area (Å²) in [6.07, 6.45) is 2.97.